The van der Waals surface area contributed by atoms with E-state index in [-0.39, 0.29) is 26.0 Å². The number of nitrogens with one attached hydrogen (secondary N) is 1. The number of esters is 1. The molecule has 0 radical (unpaired) electrons. The summed E-state index contributed by atoms with van der Waals surface area (Å²) >= 11 is 0. The highest BCUT2D eigenvalue weighted by atomic mass is 16.7. The van der Waals surface area contributed by atoms with E-state index in [2.05, 4.69) is 5.32 Å². The largest absolute Gasteiger partial charge is 0.482 e. The van der Waals surface area contributed by atoms with Gasteiger partial charge in [0.1, 0.15) is 5.75 Å². The SMILES string of the molecule is C[C@@H](NC(=O)COC(=O)COc1ccc2ccccc2c1)c1ccc2c(c1)OCO2. The Kier molecular flexibility index (Phi) is 5.70. The van der Waals surface area contributed by atoms with Crippen LogP contribution in [0.3, 0.4) is 0 Å². The Morgan fingerprint density at radius 1 is 0.967 bits per heavy atom. The standard InChI is InChI=1S/C23H21NO6/c1-15(17-7-9-20-21(11-17)30-14-29-20)24-22(25)12-28-23(26)13-27-19-8-6-16-4-2-3-5-18(16)10-19/h2-11,15H,12-14H2,1H3,(H,24,25)/t15-/m1/s1. The molecule has 0 fully saturated rings. The van der Waals surface area contributed by atoms with Gasteiger partial charge in [-0.3, -0.25) is 4.79 Å². The van der Waals surface area contributed by atoms with Gasteiger partial charge in [-0.25, -0.2) is 4.79 Å². The first-order chi connectivity index (χ1) is 14.6. The van der Waals surface area contributed by atoms with Crippen LogP contribution in [0.2, 0.25) is 0 Å². The number of ether oxygens (including phenoxy) is 4. The highest BCUT2D eigenvalue weighted by molar-refractivity contribution is 5.84. The van der Waals surface area contributed by atoms with Crippen molar-refractivity contribution in [3.63, 3.8) is 0 Å². The van der Waals surface area contributed by atoms with Gasteiger partial charge in [0.15, 0.2) is 24.7 Å². The first kappa shape index (κ1) is 19.6. The normalized spacial score (nSPS) is 13.0. The lowest BCUT2D eigenvalue weighted by Gasteiger charge is -2.15. The fourth-order valence-electron chi connectivity index (χ4n) is 3.14. The van der Waals surface area contributed by atoms with Crippen molar-refractivity contribution in [3.8, 4) is 17.2 Å². The van der Waals surface area contributed by atoms with Crippen LogP contribution in [0.1, 0.15) is 18.5 Å². The highest BCUT2D eigenvalue weighted by Crippen LogP contribution is 2.34. The zero-order chi connectivity index (χ0) is 20.9. The predicted molar refractivity (Wildman–Crippen MR) is 110 cm³/mol. The third-order valence-electron chi connectivity index (χ3n) is 4.72. The number of hydrogen-bond donors (Lipinski definition) is 1. The van der Waals surface area contributed by atoms with Crippen molar-refractivity contribution in [1.29, 1.82) is 0 Å². The predicted octanol–water partition coefficient (Wildman–Crippen LogP) is 3.37. The van der Waals surface area contributed by atoms with E-state index in [0.29, 0.717) is 17.2 Å². The summed E-state index contributed by atoms with van der Waals surface area (Å²) < 4.78 is 21.1. The molecule has 1 heterocycles. The zero-order valence-electron chi connectivity index (χ0n) is 16.4. The maximum Gasteiger partial charge on any atom is 0.344 e. The molecular weight excluding hydrogens is 386 g/mol. The van der Waals surface area contributed by atoms with Crippen LogP contribution in [0, 0.1) is 0 Å². The fourth-order valence-corrected chi connectivity index (χ4v) is 3.14. The summed E-state index contributed by atoms with van der Waals surface area (Å²) in [5.41, 5.74) is 0.860. The molecule has 0 saturated heterocycles. The molecule has 0 unspecified atom stereocenters. The first-order valence-electron chi connectivity index (χ1n) is 9.54. The van der Waals surface area contributed by atoms with E-state index in [4.69, 9.17) is 18.9 Å². The molecule has 1 aliphatic rings. The molecule has 1 N–H and O–H groups in total. The van der Waals surface area contributed by atoms with Crippen molar-refractivity contribution in [2.45, 2.75) is 13.0 Å². The average molecular weight is 407 g/mol. The molecule has 7 heteroatoms. The fraction of sp³-hybridized carbons (Fsp3) is 0.217. The van der Waals surface area contributed by atoms with E-state index in [9.17, 15) is 9.59 Å². The summed E-state index contributed by atoms with van der Waals surface area (Å²) in [6, 6.07) is 18.6. The molecular formula is C23H21NO6. The number of amides is 1. The van der Waals surface area contributed by atoms with Crippen molar-refractivity contribution in [1.82, 2.24) is 5.32 Å². The van der Waals surface area contributed by atoms with Crippen LogP contribution in [0.5, 0.6) is 17.2 Å². The van der Waals surface area contributed by atoms with Gasteiger partial charge in [-0.05, 0) is 47.5 Å². The molecule has 3 aromatic carbocycles. The van der Waals surface area contributed by atoms with Gasteiger partial charge in [-0.2, -0.15) is 0 Å². The molecule has 0 aromatic heterocycles. The summed E-state index contributed by atoms with van der Waals surface area (Å²) in [7, 11) is 0. The number of rotatable bonds is 7. The molecule has 30 heavy (non-hydrogen) atoms. The molecule has 0 spiro atoms. The molecule has 0 aliphatic carbocycles. The van der Waals surface area contributed by atoms with E-state index < -0.39 is 11.9 Å². The Balaban J connectivity index is 1.22. The summed E-state index contributed by atoms with van der Waals surface area (Å²) in [5, 5.41) is 4.88. The first-order valence-corrected chi connectivity index (χ1v) is 9.54. The van der Waals surface area contributed by atoms with Crippen LogP contribution < -0.4 is 19.5 Å². The Hall–Kier alpha value is -3.74. The molecule has 0 saturated carbocycles. The van der Waals surface area contributed by atoms with Gasteiger partial charge < -0.3 is 24.3 Å². The molecule has 3 aromatic rings. The molecule has 1 amide bonds. The Labute approximate surface area is 173 Å². The number of hydrogen-bond acceptors (Lipinski definition) is 6. The maximum atomic E-state index is 12.1. The van der Waals surface area contributed by atoms with Crippen LogP contribution >= 0.6 is 0 Å². The van der Waals surface area contributed by atoms with Crippen LogP contribution in [0.25, 0.3) is 10.8 Å². The highest BCUT2D eigenvalue weighted by Gasteiger charge is 2.17. The number of benzene rings is 3. The Bertz CT molecular complexity index is 1080. The van der Waals surface area contributed by atoms with E-state index >= 15 is 0 Å². The van der Waals surface area contributed by atoms with Crippen LogP contribution in [-0.4, -0.2) is 31.9 Å². The summed E-state index contributed by atoms with van der Waals surface area (Å²) in [4.78, 5) is 24.0. The van der Waals surface area contributed by atoms with Gasteiger partial charge in [0.2, 0.25) is 6.79 Å². The average Bonchev–Trinajstić information content (AvgIpc) is 3.24. The molecule has 154 valence electrons. The monoisotopic (exact) mass is 407 g/mol. The van der Waals surface area contributed by atoms with Crippen molar-refractivity contribution in [3.05, 3.63) is 66.2 Å². The maximum absolute atomic E-state index is 12.1. The van der Waals surface area contributed by atoms with E-state index in [1.54, 1.807) is 12.1 Å². The van der Waals surface area contributed by atoms with Crippen LogP contribution in [-0.2, 0) is 14.3 Å². The Morgan fingerprint density at radius 2 is 1.77 bits per heavy atom. The summed E-state index contributed by atoms with van der Waals surface area (Å²) in [6.45, 7) is 1.37. The zero-order valence-corrected chi connectivity index (χ0v) is 16.4. The second-order valence-electron chi connectivity index (χ2n) is 6.86. The van der Waals surface area contributed by atoms with Gasteiger partial charge in [0.05, 0.1) is 6.04 Å². The molecule has 0 bridgehead atoms. The lowest BCUT2D eigenvalue weighted by atomic mass is 10.1. The molecule has 1 aliphatic heterocycles. The minimum Gasteiger partial charge on any atom is -0.482 e. The topological polar surface area (TPSA) is 83.1 Å². The lowest BCUT2D eigenvalue weighted by Crippen LogP contribution is -2.31. The Morgan fingerprint density at radius 3 is 2.63 bits per heavy atom. The number of carbonyl (C=O) groups is 2. The van der Waals surface area contributed by atoms with Crippen LogP contribution in [0.15, 0.2) is 60.7 Å². The second-order valence-corrected chi connectivity index (χ2v) is 6.86. The lowest BCUT2D eigenvalue weighted by molar-refractivity contribution is -0.150. The van der Waals surface area contributed by atoms with Crippen molar-refractivity contribution in [2.75, 3.05) is 20.0 Å². The van der Waals surface area contributed by atoms with Crippen molar-refractivity contribution >= 4 is 22.6 Å². The van der Waals surface area contributed by atoms with Gasteiger partial charge in [-0.15, -0.1) is 0 Å². The van der Waals surface area contributed by atoms with E-state index in [1.165, 1.54) is 0 Å². The second kappa shape index (κ2) is 8.73. The quantitative estimate of drug-likeness (QED) is 0.605. The summed E-state index contributed by atoms with van der Waals surface area (Å²) in [6.07, 6.45) is 0. The van der Waals surface area contributed by atoms with Gasteiger partial charge in [0, 0.05) is 0 Å². The van der Waals surface area contributed by atoms with Gasteiger partial charge >= 0.3 is 5.97 Å². The summed E-state index contributed by atoms with van der Waals surface area (Å²) in [5.74, 6) is 0.864. The number of fused-ring (bicyclic) bond motifs is 2. The van der Waals surface area contributed by atoms with Gasteiger partial charge in [0.25, 0.3) is 5.91 Å². The van der Waals surface area contributed by atoms with E-state index in [1.807, 2.05) is 55.5 Å². The third kappa shape index (κ3) is 4.63. The number of carbonyl (C=O) groups excluding carboxylic acids is 2. The van der Waals surface area contributed by atoms with Crippen LogP contribution in [0.4, 0.5) is 0 Å². The van der Waals surface area contributed by atoms with Crippen molar-refractivity contribution in [2.24, 2.45) is 0 Å². The molecule has 7 nitrogen and oxygen atoms in total. The van der Waals surface area contributed by atoms with Crippen molar-refractivity contribution < 1.29 is 28.5 Å². The molecule has 4 rings (SSSR count). The minimum atomic E-state index is -0.617. The minimum absolute atomic E-state index is 0.191. The third-order valence-corrected chi connectivity index (χ3v) is 4.72. The molecule has 1 atom stereocenters. The van der Waals surface area contributed by atoms with Gasteiger partial charge in [-0.1, -0.05) is 36.4 Å². The van der Waals surface area contributed by atoms with E-state index in [0.717, 1.165) is 16.3 Å². The smallest absolute Gasteiger partial charge is 0.344 e.